The number of nitrogens with one attached hydrogen (secondary N) is 1. The second-order valence-corrected chi connectivity index (χ2v) is 5.43. The third kappa shape index (κ3) is 4.17. The van der Waals surface area contributed by atoms with E-state index >= 15 is 0 Å². The molecule has 2 atom stereocenters. The van der Waals surface area contributed by atoms with E-state index in [1.165, 1.54) is 6.42 Å². The van der Waals surface area contributed by atoms with Gasteiger partial charge < -0.3 is 10.1 Å². The van der Waals surface area contributed by atoms with Crippen LogP contribution in [0.25, 0.3) is 0 Å². The average molecular weight is 283 g/mol. The van der Waals surface area contributed by atoms with Crippen LogP contribution in [0.5, 0.6) is 5.75 Å². The van der Waals surface area contributed by atoms with E-state index in [0.29, 0.717) is 0 Å². The molecule has 0 spiro atoms. The molecule has 1 aliphatic carbocycles. The van der Waals surface area contributed by atoms with Crippen molar-refractivity contribution in [2.24, 2.45) is 0 Å². The number of halogens is 2. The molecular formula is C16H23F2NO. The van der Waals surface area contributed by atoms with E-state index < -0.39 is 11.6 Å². The number of benzene rings is 1. The summed E-state index contributed by atoms with van der Waals surface area (Å²) >= 11 is 0. The molecule has 0 amide bonds. The molecule has 0 saturated heterocycles. The second-order valence-electron chi connectivity index (χ2n) is 5.43. The number of hydrogen-bond donors (Lipinski definition) is 1. The first-order valence-electron chi connectivity index (χ1n) is 7.55. The topological polar surface area (TPSA) is 21.3 Å². The number of hydrogen-bond acceptors (Lipinski definition) is 2. The Morgan fingerprint density at radius 3 is 2.80 bits per heavy atom. The third-order valence-electron chi connectivity index (χ3n) is 3.78. The molecule has 2 unspecified atom stereocenters. The van der Waals surface area contributed by atoms with Crippen molar-refractivity contribution < 1.29 is 13.5 Å². The van der Waals surface area contributed by atoms with Crippen LogP contribution < -0.4 is 10.1 Å². The summed E-state index contributed by atoms with van der Waals surface area (Å²) in [4.78, 5) is 0. The molecule has 1 fully saturated rings. The van der Waals surface area contributed by atoms with Gasteiger partial charge in [0.25, 0.3) is 0 Å². The largest absolute Gasteiger partial charge is 0.486 e. The molecule has 1 N–H and O–H groups in total. The molecule has 1 aromatic rings. The zero-order chi connectivity index (χ0) is 14.4. The van der Waals surface area contributed by atoms with Gasteiger partial charge in [-0.2, -0.15) is 0 Å². The van der Waals surface area contributed by atoms with E-state index in [2.05, 4.69) is 12.2 Å². The molecule has 2 nitrogen and oxygen atoms in total. The monoisotopic (exact) mass is 283 g/mol. The maximum Gasteiger partial charge on any atom is 0.165 e. The van der Waals surface area contributed by atoms with Gasteiger partial charge in [0.15, 0.2) is 11.6 Å². The Labute approximate surface area is 119 Å². The molecule has 20 heavy (non-hydrogen) atoms. The standard InChI is InChI=1S/C16H23F2NO/c1-2-10-19-14-6-4-3-5-7-15(14)20-16-11-12(17)8-9-13(16)18/h8-9,11,14-15,19H,2-7,10H2,1H3. The van der Waals surface area contributed by atoms with Crippen molar-refractivity contribution >= 4 is 0 Å². The highest BCUT2D eigenvalue weighted by Crippen LogP contribution is 2.26. The van der Waals surface area contributed by atoms with Gasteiger partial charge in [0.2, 0.25) is 0 Å². The van der Waals surface area contributed by atoms with E-state index in [-0.39, 0.29) is 17.9 Å². The SMILES string of the molecule is CCCNC1CCCCCC1Oc1cc(F)ccc1F. The van der Waals surface area contributed by atoms with E-state index in [0.717, 1.165) is 56.8 Å². The lowest BCUT2D eigenvalue weighted by Crippen LogP contribution is -2.42. The minimum absolute atomic E-state index is 0.0280. The van der Waals surface area contributed by atoms with Crippen molar-refractivity contribution in [1.29, 1.82) is 0 Å². The summed E-state index contributed by atoms with van der Waals surface area (Å²) in [5.74, 6) is -0.932. The van der Waals surface area contributed by atoms with E-state index in [1.54, 1.807) is 0 Å². The molecule has 112 valence electrons. The zero-order valence-electron chi connectivity index (χ0n) is 12.0. The Balaban J connectivity index is 2.08. The van der Waals surface area contributed by atoms with Crippen molar-refractivity contribution in [2.45, 2.75) is 57.6 Å². The highest BCUT2D eigenvalue weighted by atomic mass is 19.1. The van der Waals surface area contributed by atoms with Crippen molar-refractivity contribution in [3.63, 3.8) is 0 Å². The lowest BCUT2D eigenvalue weighted by Gasteiger charge is -2.27. The van der Waals surface area contributed by atoms with Crippen LogP contribution in [0, 0.1) is 11.6 Å². The lowest BCUT2D eigenvalue weighted by atomic mass is 10.1. The molecule has 2 rings (SSSR count). The molecule has 0 aromatic heterocycles. The predicted molar refractivity (Wildman–Crippen MR) is 75.9 cm³/mol. The summed E-state index contributed by atoms with van der Waals surface area (Å²) in [5.41, 5.74) is 0. The molecule has 0 aliphatic heterocycles. The van der Waals surface area contributed by atoms with Crippen molar-refractivity contribution in [3.05, 3.63) is 29.8 Å². The van der Waals surface area contributed by atoms with Crippen molar-refractivity contribution in [3.8, 4) is 5.75 Å². The lowest BCUT2D eigenvalue weighted by molar-refractivity contribution is 0.138. The van der Waals surface area contributed by atoms with Crippen LogP contribution in [0.3, 0.4) is 0 Å². The average Bonchev–Trinajstić information content (AvgIpc) is 2.66. The summed E-state index contributed by atoms with van der Waals surface area (Å²) in [6, 6.07) is 3.59. The Morgan fingerprint density at radius 1 is 1.20 bits per heavy atom. The highest BCUT2D eigenvalue weighted by Gasteiger charge is 2.25. The third-order valence-corrected chi connectivity index (χ3v) is 3.78. The Hall–Kier alpha value is -1.16. The Bertz CT molecular complexity index is 425. The van der Waals surface area contributed by atoms with Gasteiger partial charge in [-0.1, -0.05) is 19.8 Å². The first-order chi connectivity index (χ1) is 9.70. The van der Waals surface area contributed by atoms with E-state index in [1.807, 2.05) is 0 Å². The first-order valence-corrected chi connectivity index (χ1v) is 7.55. The fraction of sp³-hybridized carbons (Fsp3) is 0.625. The van der Waals surface area contributed by atoms with Crippen LogP contribution in [-0.2, 0) is 0 Å². The molecule has 0 heterocycles. The van der Waals surface area contributed by atoms with Gasteiger partial charge in [-0.3, -0.25) is 0 Å². The van der Waals surface area contributed by atoms with Crippen LogP contribution in [0.1, 0.15) is 45.4 Å². The Kier molecular flexibility index (Phi) is 5.77. The van der Waals surface area contributed by atoms with Gasteiger partial charge in [0, 0.05) is 12.1 Å². The van der Waals surface area contributed by atoms with Crippen LogP contribution >= 0.6 is 0 Å². The van der Waals surface area contributed by atoms with Crippen LogP contribution in [0.4, 0.5) is 8.78 Å². The van der Waals surface area contributed by atoms with E-state index in [4.69, 9.17) is 4.74 Å². The highest BCUT2D eigenvalue weighted by molar-refractivity contribution is 5.25. The summed E-state index contributed by atoms with van der Waals surface area (Å²) in [6.07, 6.45) is 6.30. The normalized spacial score (nSPS) is 23.4. The molecule has 4 heteroatoms. The molecule has 1 aliphatic rings. The Morgan fingerprint density at radius 2 is 2.00 bits per heavy atom. The van der Waals surface area contributed by atoms with Gasteiger partial charge in [0.05, 0.1) is 0 Å². The molecule has 0 radical (unpaired) electrons. The summed E-state index contributed by atoms with van der Waals surface area (Å²) < 4.78 is 32.7. The first kappa shape index (κ1) is 15.2. The fourth-order valence-electron chi connectivity index (χ4n) is 2.71. The van der Waals surface area contributed by atoms with Crippen LogP contribution in [0.2, 0.25) is 0 Å². The number of ether oxygens (including phenoxy) is 1. The maximum absolute atomic E-state index is 13.7. The smallest absolute Gasteiger partial charge is 0.165 e. The summed E-state index contributed by atoms with van der Waals surface area (Å²) in [6.45, 7) is 3.04. The van der Waals surface area contributed by atoms with Crippen molar-refractivity contribution in [1.82, 2.24) is 5.32 Å². The van der Waals surface area contributed by atoms with Crippen LogP contribution in [0.15, 0.2) is 18.2 Å². The van der Waals surface area contributed by atoms with Crippen molar-refractivity contribution in [2.75, 3.05) is 6.54 Å². The van der Waals surface area contributed by atoms with Gasteiger partial charge in [-0.25, -0.2) is 8.78 Å². The number of rotatable bonds is 5. The van der Waals surface area contributed by atoms with Gasteiger partial charge in [-0.15, -0.1) is 0 Å². The fourth-order valence-corrected chi connectivity index (χ4v) is 2.71. The second kappa shape index (κ2) is 7.58. The predicted octanol–water partition coefficient (Wildman–Crippen LogP) is 4.04. The quantitative estimate of drug-likeness (QED) is 0.823. The minimum Gasteiger partial charge on any atom is -0.486 e. The molecule has 0 bridgehead atoms. The summed E-state index contributed by atoms with van der Waals surface area (Å²) in [5, 5.41) is 3.47. The molecule has 1 saturated carbocycles. The zero-order valence-corrected chi connectivity index (χ0v) is 12.0. The summed E-state index contributed by atoms with van der Waals surface area (Å²) in [7, 11) is 0. The van der Waals surface area contributed by atoms with E-state index in [9.17, 15) is 8.78 Å². The maximum atomic E-state index is 13.7. The van der Waals surface area contributed by atoms with Gasteiger partial charge >= 0.3 is 0 Å². The van der Waals surface area contributed by atoms with Gasteiger partial charge in [-0.05, 0) is 44.4 Å². The minimum atomic E-state index is -0.495. The van der Waals surface area contributed by atoms with Crippen LogP contribution in [-0.4, -0.2) is 18.7 Å². The molecular weight excluding hydrogens is 260 g/mol. The van der Waals surface area contributed by atoms with Gasteiger partial charge in [0.1, 0.15) is 11.9 Å². The molecule has 1 aromatic carbocycles.